The number of ether oxygens (including phenoxy) is 2. The molecule has 1 fully saturated rings. The number of hydrogen-bond donors (Lipinski definition) is 1. The summed E-state index contributed by atoms with van der Waals surface area (Å²) in [4.78, 5) is 26.7. The average Bonchev–Trinajstić information content (AvgIpc) is 3.26. The van der Waals surface area contributed by atoms with Crippen molar-refractivity contribution in [3.05, 3.63) is 35.7 Å². The molecule has 0 bridgehead atoms. The summed E-state index contributed by atoms with van der Waals surface area (Å²) in [5, 5.41) is 2.95. The summed E-state index contributed by atoms with van der Waals surface area (Å²) in [7, 11) is 3.09. The second-order valence-corrected chi connectivity index (χ2v) is 6.92. The number of methoxy groups -OCH3 is 2. The molecule has 1 aliphatic rings. The Balaban J connectivity index is 1.58. The normalized spacial score (nSPS) is 16.7. The zero-order chi connectivity index (χ0) is 19.2. The van der Waals surface area contributed by atoms with Crippen LogP contribution in [0.5, 0.6) is 11.5 Å². The van der Waals surface area contributed by atoms with E-state index < -0.39 is 0 Å². The summed E-state index contributed by atoms with van der Waals surface area (Å²) >= 11 is 1.03. The quantitative estimate of drug-likeness (QED) is 0.809. The summed E-state index contributed by atoms with van der Waals surface area (Å²) in [6.07, 6.45) is 3.35. The van der Waals surface area contributed by atoms with Gasteiger partial charge >= 0.3 is 0 Å². The predicted octanol–water partition coefficient (Wildman–Crippen LogP) is 1.84. The third-order valence-electron chi connectivity index (χ3n) is 4.55. The number of benzene rings is 1. The van der Waals surface area contributed by atoms with Crippen LogP contribution in [-0.2, 0) is 0 Å². The van der Waals surface area contributed by atoms with Crippen molar-refractivity contribution >= 4 is 23.5 Å². The van der Waals surface area contributed by atoms with Crippen molar-refractivity contribution in [3.63, 3.8) is 0 Å². The summed E-state index contributed by atoms with van der Waals surface area (Å²) < 4.78 is 18.3. The van der Waals surface area contributed by atoms with Gasteiger partial charge in [-0.05, 0) is 30.9 Å². The number of aromatic nitrogens is 2. The van der Waals surface area contributed by atoms with Crippen LogP contribution in [0.25, 0.3) is 0 Å². The SMILES string of the molecule is COc1cc(OC)cc(C(=O)NC[C@@H]2CCCN(C(=O)c3cnsn3)C2)c1. The van der Waals surface area contributed by atoms with Crippen molar-refractivity contribution in [2.24, 2.45) is 5.92 Å². The Kier molecular flexibility index (Phi) is 6.23. The first-order valence-corrected chi connectivity index (χ1v) is 9.42. The fraction of sp³-hybridized carbons (Fsp3) is 0.444. The molecule has 144 valence electrons. The highest BCUT2D eigenvalue weighted by atomic mass is 32.1. The minimum absolute atomic E-state index is 0.0997. The van der Waals surface area contributed by atoms with Crippen LogP contribution in [0.4, 0.5) is 0 Å². The van der Waals surface area contributed by atoms with E-state index in [1.807, 2.05) is 0 Å². The molecule has 0 unspecified atom stereocenters. The molecule has 9 heteroatoms. The number of amides is 2. The molecule has 0 aliphatic carbocycles. The van der Waals surface area contributed by atoms with E-state index in [-0.39, 0.29) is 17.7 Å². The first-order valence-electron chi connectivity index (χ1n) is 8.69. The minimum Gasteiger partial charge on any atom is -0.497 e. The zero-order valence-electron chi connectivity index (χ0n) is 15.3. The standard InChI is InChI=1S/C18H22N4O4S/c1-25-14-6-13(7-15(8-14)26-2)17(23)19-9-12-4-3-5-22(11-12)18(24)16-10-20-27-21-16/h6-8,10,12H,3-5,9,11H2,1-2H3,(H,19,23)/t12-/m0/s1. The van der Waals surface area contributed by atoms with Gasteiger partial charge in [0.15, 0.2) is 5.69 Å². The average molecular weight is 390 g/mol. The molecule has 0 radical (unpaired) electrons. The maximum Gasteiger partial charge on any atom is 0.275 e. The van der Waals surface area contributed by atoms with Crippen molar-refractivity contribution in [3.8, 4) is 11.5 Å². The zero-order valence-corrected chi connectivity index (χ0v) is 16.1. The maximum atomic E-state index is 12.5. The van der Waals surface area contributed by atoms with E-state index in [1.165, 1.54) is 6.20 Å². The molecule has 3 rings (SSSR count). The van der Waals surface area contributed by atoms with Gasteiger partial charge in [0, 0.05) is 31.3 Å². The summed E-state index contributed by atoms with van der Waals surface area (Å²) in [6, 6.07) is 5.06. The number of piperidine rings is 1. The topological polar surface area (TPSA) is 93.7 Å². The monoisotopic (exact) mass is 390 g/mol. The van der Waals surface area contributed by atoms with Gasteiger partial charge < -0.3 is 19.7 Å². The molecule has 1 aromatic carbocycles. The van der Waals surface area contributed by atoms with Gasteiger partial charge in [0.25, 0.3) is 11.8 Å². The van der Waals surface area contributed by atoms with E-state index in [1.54, 1.807) is 37.3 Å². The number of carbonyl (C=O) groups excluding carboxylic acids is 2. The molecule has 27 heavy (non-hydrogen) atoms. The van der Waals surface area contributed by atoms with Crippen LogP contribution < -0.4 is 14.8 Å². The molecule has 0 saturated carbocycles. The van der Waals surface area contributed by atoms with Crippen molar-refractivity contribution in [2.45, 2.75) is 12.8 Å². The van der Waals surface area contributed by atoms with Gasteiger partial charge in [-0.3, -0.25) is 9.59 Å². The van der Waals surface area contributed by atoms with Crippen LogP contribution in [-0.4, -0.2) is 59.3 Å². The molecule has 2 heterocycles. The molecular weight excluding hydrogens is 368 g/mol. The first-order chi connectivity index (χ1) is 13.1. The molecule has 8 nitrogen and oxygen atoms in total. The van der Waals surface area contributed by atoms with E-state index in [0.29, 0.717) is 42.4 Å². The van der Waals surface area contributed by atoms with E-state index in [9.17, 15) is 9.59 Å². The van der Waals surface area contributed by atoms with E-state index in [4.69, 9.17) is 9.47 Å². The van der Waals surface area contributed by atoms with Gasteiger partial charge in [-0.25, -0.2) is 0 Å². The number of rotatable bonds is 6. The van der Waals surface area contributed by atoms with Gasteiger partial charge in [0.2, 0.25) is 0 Å². The Hall–Kier alpha value is -2.68. The Morgan fingerprint density at radius 1 is 1.26 bits per heavy atom. The molecular formula is C18H22N4O4S. The molecule has 1 aliphatic heterocycles. The van der Waals surface area contributed by atoms with Crippen LogP contribution in [0.15, 0.2) is 24.4 Å². The molecule has 1 atom stereocenters. The summed E-state index contributed by atoms with van der Waals surface area (Å²) in [5.74, 6) is 1.03. The minimum atomic E-state index is -0.195. The maximum absolute atomic E-state index is 12.5. The van der Waals surface area contributed by atoms with Gasteiger partial charge in [0.05, 0.1) is 32.1 Å². The Morgan fingerprint density at radius 2 is 2.00 bits per heavy atom. The highest BCUT2D eigenvalue weighted by Crippen LogP contribution is 2.23. The molecule has 0 spiro atoms. The molecule has 2 amide bonds. The van der Waals surface area contributed by atoms with Gasteiger partial charge in [-0.1, -0.05) is 0 Å². The predicted molar refractivity (Wildman–Crippen MR) is 100 cm³/mol. The van der Waals surface area contributed by atoms with Crippen LogP contribution in [0.2, 0.25) is 0 Å². The lowest BCUT2D eigenvalue weighted by Gasteiger charge is -2.32. The lowest BCUT2D eigenvalue weighted by atomic mass is 9.97. The molecule has 2 aromatic rings. The lowest BCUT2D eigenvalue weighted by Crippen LogP contribution is -2.43. The Labute approximate surface area is 161 Å². The smallest absolute Gasteiger partial charge is 0.275 e. The van der Waals surface area contributed by atoms with Crippen molar-refractivity contribution in [1.29, 1.82) is 0 Å². The molecule has 1 N–H and O–H groups in total. The van der Waals surface area contributed by atoms with Crippen molar-refractivity contribution < 1.29 is 19.1 Å². The molecule has 1 aromatic heterocycles. The van der Waals surface area contributed by atoms with Crippen molar-refractivity contribution in [2.75, 3.05) is 33.9 Å². The summed E-state index contributed by atoms with van der Waals surface area (Å²) in [6.45, 7) is 1.80. The largest absolute Gasteiger partial charge is 0.497 e. The third kappa shape index (κ3) is 4.73. The Morgan fingerprint density at radius 3 is 2.63 bits per heavy atom. The first kappa shape index (κ1) is 19.1. The van der Waals surface area contributed by atoms with Gasteiger partial charge in [-0.2, -0.15) is 8.75 Å². The lowest BCUT2D eigenvalue weighted by molar-refractivity contribution is 0.0666. The van der Waals surface area contributed by atoms with Gasteiger partial charge in [-0.15, -0.1) is 0 Å². The Bertz CT molecular complexity index is 774. The van der Waals surface area contributed by atoms with E-state index in [0.717, 1.165) is 24.6 Å². The van der Waals surface area contributed by atoms with Crippen LogP contribution >= 0.6 is 11.7 Å². The van der Waals surface area contributed by atoms with E-state index >= 15 is 0 Å². The molecule has 1 saturated heterocycles. The fourth-order valence-electron chi connectivity index (χ4n) is 3.11. The fourth-order valence-corrected chi connectivity index (χ4v) is 3.52. The number of nitrogens with zero attached hydrogens (tertiary/aromatic N) is 3. The number of carbonyl (C=O) groups is 2. The highest BCUT2D eigenvalue weighted by Gasteiger charge is 2.26. The number of nitrogens with one attached hydrogen (secondary N) is 1. The van der Waals surface area contributed by atoms with E-state index in [2.05, 4.69) is 14.1 Å². The third-order valence-corrected chi connectivity index (χ3v) is 5.03. The van der Waals surface area contributed by atoms with Crippen molar-refractivity contribution in [1.82, 2.24) is 19.0 Å². The number of hydrogen-bond acceptors (Lipinski definition) is 7. The second-order valence-electron chi connectivity index (χ2n) is 6.36. The van der Waals surface area contributed by atoms with Crippen LogP contribution in [0.3, 0.4) is 0 Å². The highest BCUT2D eigenvalue weighted by molar-refractivity contribution is 6.99. The number of likely N-dealkylation sites (tertiary alicyclic amines) is 1. The summed E-state index contributed by atoms with van der Waals surface area (Å²) in [5.41, 5.74) is 0.858. The van der Waals surface area contributed by atoms with Crippen LogP contribution in [0, 0.1) is 5.92 Å². The second kappa shape index (κ2) is 8.81. The van der Waals surface area contributed by atoms with Gasteiger partial charge in [0.1, 0.15) is 11.5 Å². The van der Waals surface area contributed by atoms with Crippen LogP contribution in [0.1, 0.15) is 33.7 Å².